The van der Waals surface area contributed by atoms with E-state index < -0.39 is 0 Å². The second-order valence-corrected chi connectivity index (χ2v) is 5.08. The molecule has 0 heterocycles. The van der Waals surface area contributed by atoms with E-state index in [9.17, 15) is 9.59 Å². The van der Waals surface area contributed by atoms with Gasteiger partial charge in [-0.3, -0.25) is 9.59 Å². The summed E-state index contributed by atoms with van der Waals surface area (Å²) in [6.45, 7) is 2.59. The normalized spacial score (nSPS) is 10.3. The second kappa shape index (κ2) is 7.64. The van der Waals surface area contributed by atoms with Crippen LogP contribution in [0.15, 0.2) is 18.2 Å². The van der Waals surface area contributed by atoms with Crippen molar-refractivity contribution in [1.29, 1.82) is 0 Å². The fourth-order valence-corrected chi connectivity index (χ4v) is 1.86. The number of carbonyl (C=O) groups is 2. The monoisotopic (exact) mass is 293 g/mol. The van der Waals surface area contributed by atoms with E-state index in [0.29, 0.717) is 24.4 Å². The van der Waals surface area contributed by atoms with Crippen LogP contribution in [0, 0.1) is 6.92 Å². The molecule has 0 unspecified atom stereocenters. The Labute approximate surface area is 125 Å². The fourth-order valence-electron chi connectivity index (χ4n) is 1.86. The van der Waals surface area contributed by atoms with E-state index in [4.69, 9.17) is 10.5 Å². The summed E-state index contributed by atoms with van der Waals surface area (Å²) >= 11 is 0. The molecule has 0 spiro atoms. The lowest BCUT2D eigenvalue weighted by atomic mass is 10.1. The predicted molar refractivity (Wildman–Crippen MR) is 82.1 cm³/mol. The molecule has 1 rings (SSSR count). The van der Waals surface area contributed by atoms with E-state index in [1.807, 2.05) is 6.92 Å². The summed E-state index contributed by atoms with van der Waals surface area (Å²) in [5.74, 6) is -0.327. The molecular formula is C15H23N3O3. The van der Waals surface area contributed by atoms with Crippen LogP contribution in [-0.4, -0.2) is 62.5 Å². The molecule has 0 aliphatic rings. The van der Waals surface area contributed by atoms with Crippen LogP contribution in [0.25, 0.3) is 0 Å². The van der Waals surface area contributed by atoms with Gasteiger partial charge in [-0.15, -0.1) is 0 Å². The molecule has 0 saturated heterocycles. The van der Waals surface area contributed by atoms with Crippen molar-refractivity contribution in [3.63, 3.8) is 0 Å². The Kier molecular flexibility index (Phi) is 6.17. The number of hydrogen-bond donors (Lipinski definition) is 1. The van der Waals surface area contributed by atoms with Crippen LogP contribution in [0.5, 0.6) is 0 Å². The SMILES string of the molecule is COCCN(CC(=O)N(C)C)C(=O)c1ccc(N)cc1C. The highest BCUT2D eigenvalue weighted by atomic mass is 16.5. The van der Waals surface area contributed by atoms with Gasteiger partial charge in [-0.05, 0) is 30.7 Å². The fraction of sp³-hybridized carbons (Fsp3) is 0.467. The molecule has 0 bridgehead atoms. The maximum Gasteiger partial charge on any atom is 0.254 e. The van der Waals surface area contributed by atoms with E-state index in [0.717, 1.165) is 5.56 Å². The summed E-state index contributed by atoms with van der Waals surface area (Å²) in [6, 6.07) is 5.12. The van der Waals surface area contributed by atoms with Crippen LogP contribution in [0.3, 0.4) is 0 Å². The molecular weight excluding hydrogens is 270 g/mol. The van der Waals surface area contributed by atoms with E-state index in [1.54, 1.807) is 39.4 Å². The zero-order valence-electron chi connectivity index (χ0n) is 13.0. The Morgan fingerprint density at radius 3 is 2.48 bits per heavy atom. The van der Waals surface area contributed by atoms with Gasteiger partial charge in [0, 0.05) is 39.0 Å². The second-order valence-electron chi connectivity index (χ2n) is 5.08. The number of hydrogen-bond acceptors (Lipinski definition) is 4. The average Bonchev–Trinajstić information content (AvgIpc) is 2.42. The number of nitrogens with zero attached hydrogens (tertiary/aromatic N) is 2. The van der Waals surface area contributed by atoms with Crippen molar-refractivity contribution in [2.75, 3.05) is 46.6 Å². The summed E-state index contributed by atoms with van der Waals surface area (Å²) in [5, 5.41) is 0. The number of rotatable bonds is 6. The summed E-state index contributed by atoms with van der Waals surface area (Å²) in [6.07, 6.45) is 0. The number of amides is 2. The van der Waals surface area contributed by atoms with Crippen LogP contribution < -0.4 is 5.73 Å². The molecule has 1 aromatic carbocycles. The molecule has 21 heavy (non-hydrogen) atoms. The summed E-state index contributed by atoms with van der Waals surface area (Å²) in [4.78, 5) is 27.4. The quantitative estimate of drug-likeness (QED) is 0.785. The number of nitrogen functional groups attached to an aromatic ring is 1. The minimum Gasteiger partial charge on any atom is -0.399 e. The number of methoxy groups -OCH3 is 1. The molecule has 2 N–H and O–H groups in total. The first kappa shape index (κ1) is 17.0. The van der Waals surface area contributed by atoms with E-state index in [1.165, 1.54) is 9.80 Å². The average molecular weight is 293 g/mol. The molecule has 2 amide bonds. The van der Waals surface area contributed by atoms with Gasteiger partial charge in [-0.25, -0.2) is 0 Å². The van der Waals surface area contributed by atoms with E-state index in [2.05, 4.69) is 0 Å². The Morgan fingerprint density at radius 2 is 1.95 bits per heavy atom. The molecule has 0 atom stereocenters. The zero-order chi connectivity index (χ0) is 16.0. The largest absolute Gasteiger partial charge is 0.399 e. The van der Waals surface area contributed by atoms with Crippen LogP contribution in [-0.2, 0) is 9.53 Å². The van der Waals surface area contributed by atoms with Crippen LogP contribution in [0.4, 0.5) is 5.69 Å². The minimum absolute atomic E-state index is 0.0268. The summed E-state index contributed by atoms with van der Waals surface area (Å²) in [7, 11) is 4.89. The van der Waals surface area contributed by atoms with Gasteiger partial charge in [0.2, 0.25) is 5.91 Å². The highest BCUT2D eigenvalue weighted by Crippen LogP contribution is 2.15. The standard InChI is InChI=1S/C15H23N3O3/c1-11-9-12(16)5-6-13(11)15(20)18(7-8-21-4)10-14(19)17(2)3/h5-6,9H,7-8,10,16H2,1-4H3. The molecule has 0 aliphatic carbocycles. The Bertz CT molecular complexity index is 515. The van der Waals surface area contributed by atoms with Crippen molar-refractivity contribution < 1.29 is 14.3 Å². The van der Waals surface area contributed by atoms with Gasteiger partial charge in [0.05, 0.1) is 6.61 Å². The summed E-state index contributed by atoms with van der Waals surface area (Å²) < 4.78 is 5.01. The lowest BCUT2D eigenvalue weighted by Crippen LogP contribution is -2.42. The van der Waals surface area contributed by atoms with E-state index >= 15 is 0 Å². The van der Waals surface area contributed by atoms with E-state index in [-0.39, 0.29) is 18.4 Å². The van der Waals surface area contributed by atoms with Crippen molar-refractivity contribution in [2.45, 2.75) is 6.92 Å². The highest BCUT2D eigenvalue weighted by Gasteiger charge is 2.20. The van der Waals surface area contributed by atoms with Gasteiger partial charge in [0.15, 0.2) is 0 Å². The predicted octanol–water partition coefficient (Wildman–Crippen LogP) is 0.754. The Hall–Kier alpha value is -2.08. The third kappa shape index (κ3) is 4.75. The van der Waals surface area contributed by atoms with Crippen molar-refractivity contribution >= 4 is 17.5 Å². The minimum atomic E-state index is -0.195. The number of anilines is 1. The maximum absolute atomic E-state index is 12.6. The number of ether oxygens (including phenoxy) is 1. The van der Waals surface area contributed by atoms with Gasteiger partial charge >= 0.3 is 0 Å². The van der Waals surface area contributed by atoms with Crippen LogP contribution >= 0.6 is 0 Å². The van der Waals surface area contributed by atoms with Gasteiger partial charge in [0.1, 0.15) is 6.54 Å². The van der Waals surface area contributed by atoms with Gasteiger partial charge < -0.3 is 20.3 Å². The molecule has 116 valence electrons. The maximum atomic E-state index is 12.6. The third-order valence-corrected chi connectivity index (χ3v) is 3.16. The highest BCUT2D eigenvalue weighted by molar-refractivity contribution is 5.98. The molecule has 6 heteroatoms. The van der Waals surface area contributed by atoms with Gasteiger partial charge in [-0.2, -0.15) is 0 Å². The van der Waals surface area contributed by atoms with Crippen LogP contribution in [0.1, 0.15) is 15.9 Å². The number of benzene rings is 1. The number of aryl methyl sites for hydroxylation is 1. The number of likely N-dealkylation sites (N-methyl/N-ethyl adjacent to an activating group) is 1. The molecule has 6 nitrogen and oxygen atoms in total. The van der Waals surface area contributed by atoms with Gasteiger partial charge in [-0.1, -0.05) is 0 Å². The van der Waals surface area contributed by atoms with Crippen LogP contribution in [0.2, 0.25) is 0 Å². The Balaban J connectivity index is 2.95. The van der Waals surface area contributed by atoms with Crippen molar-refractivity contribution in [1.82, 2.24) is 9.80 Å². The van der Waals surface area contributed by atoms with Crippen molar-refractivity contribution in [3.8, 4) is 0 Å². The topological polar surface area (TPSA) is 75.9 Å². The molecule has 0 fully saturated rings. The van der Waals surface area contributed by atoms with Gasteiger partial charge in [0.25, 0.3) is 5.91 Å². The molecule has 0 aromatic heterocycles. The Morgan fingerprint density at radius 1 is 1.29 bits per heavy atom. The van der Waals surface area contributed by atoms with Crippen molar-refractivity contribution in [2.24, 2.45) is 0 Å². The molecule has 1 aromatic rings. The third-order valence-electron chi connectivity index (χ3n) is 3.16. The van der Waals surface area contributed by atoms with Crippen molar-refractivity contribution in [3.05, 3.63) is 29.3 Å². The molecule has 0 aliphatic heterocycles. The zero-order valence-corrected chi connectivity index (χ0v) is 13.0. The first-order valence-corrected chi connectivity index (χ1v) is 6.71. The number of nitrogens with two attached hydrogens (primary N) is 1. The first-order chi connectivity index (χ1) is 9.86. The lowest BCUT2D eigenvalue weighted by Gasteiger charge is -2.24. The number of carbonyl (C=O) groups excluding carboxylic acids is 2. The molecule has 0 saturated carbocycles. The first-order valence-electron chi connectivity index (χ1n) is 6.71. The molecule has 0 radical (unpaired) electrons. The summed E-state index contributed by atoms with van der Waals surface area (Å²) in [5.41, 5.74) is 7.65. The lowest BCUT2D eigenvalue weighted by molar-refractivity contribution is -0.129. The smallest absolute Gasteiger partial charge is 0.254 e.